The van der Waals surface area contributed by atoms with Crippen LogP contribution in [0.2, 0.25) is 5.02 Å². The number of halogens is 1. The molecule has 0 aromatic heterocycles. The molecule has 0 N–H and O–H groups in total. The van der Waals surface area contributed by atoms with E-state index in [0.717, 1.165) is 17.5 Å². The zero-order valence-corrected chi connectivity index (χ0v) is 12.2. The van der Waals surface area contributed by atoms with E-state index < -0.39 is 20.4 Å². The van der Waals surface area contributed by atoms with Gasteiger partial charge in [0.1, 0.15) is 4.90 Å². The molecular formula is C14H10ClNO4S. The largest absolute Gasteiger partial charge is 0.289 e. The van der Waals surface area contributed by atoms with Crippen molar-refractivity contribution in [2.75, 3.05) is 0 Å². The lowest BCUT2D eigenvalue weighted by atomic mass is 10.2. The number of nitro benzene ring substituents is 1. The molecule has 21 heavy (non-hydrogen) atoms. The van der Waals surface area contributed by atoms with Crippen LogP contribution >= 0.6 is 11.6 Å². The van der Waals surface area contributed by atoms with Gasteiger partial charge in [-0.3, -0.25) is 10.1 Å². The Morgan fingerprint density at radius 2 is 1.76 bits per heavy atom. The molecular weight excluding hydrogens is 314 g/mol. The van der Waals surface area contributed by atoms with Crippen LogP contribution in [0.3, 0.4) is 0 Å². The Labute approximate surface area is 126 Å². The number of sulfone groups is 1. The van der Waals surface area contributed by atoms with Gasteiger partial charge < -0.3 is 0 Å². The Morgan fingerprint density at radius 1 is 1.10 bits per heavy atom. The summed E-state index contributed by atoms with van der Waals surface area (Å²) < 4.78 is 24.4. The highest BCUT2D eigenvalue weighted by atomic mass is 35.5. The summed E-state index contributed by atoms with van der Waals surface area (Å²) in [6.07, 6.45) is 1.38. The van der Waals surface area contributed by atoms with Gasteiger partial charge in [-0.2, -0.15) is 0 Å². The van der Waals surface area contributed by atoms with Gasteiger partial charge in [-0.1, -0.05) is 41.9 Å². The third kappa shape index (κ3) is 3.68. The first-order valence-corrected chi connectivity index (χ1v) is 7.75. The normalized spacial score (nSPS) is 11.7. The van der Waals surface area contributed by atoms with Crippen LogP contribution in [0, 0.1) is 10.1 Å². The Balaban J connectivity index is 2.45. The van der Waals surface area contributed by atoms with Crippen molar-refractivity contribution in [3.63, 3.8) is 0 Å². The van der Waals surface area contributed by atoms with Gasteiger partial charge in [0.15, 0.2) is 0 Å². The molecule has 0 radical (unpaired) electrons. The SMILES string of the molecule is O=[N+]([O-])c1cc(Cl)ccc1S(=O)(=O)/C=C/c1ccccc1. The fourth-order valence-corrected chi connectivity index (χ4v) is 3.01. The Bertz CT molecular complexity index is 801. The van der Waals surface area contributed by atoms with Gasteiger partial charge in [0, 0.05) is 16.5 Å². The minimum absolute atomic E-state index is 0.104. The number of rotatable bonds is 4. The molecule has 0 spiro atoms. The topological polar surface area (TPSA) is 77.3 Å². The minimum atomic E-state index is -3.93. The molecule has 7 heteroatoms. The van der Waals surface area contributed by atoms with E-state index in [2.05, 4.69) is 0 Å². The molecule has 0 aliphatic rings. The van der Waals surface area contributed by atoms with Crippen LogP contribution in [0.5, 0.6) is 0 Å². The van der Waals surface area contributed by atoms with E-state index in [4.69, 9.17) is 11.6 Å². The molecule has 2 aromatic rings. The third-order valence-electron chi connectivity index (χ3n) is 2.66. The van der Waals surface area contributed by atoms with E-state index in [1.54, 1.807) is 30.3 Å². The molecule has 0 heterocycles. The summed E-state index contributed by atoms with van der Waals surface area (Å²) in [5.74, 6) is 0. The Kier molecular flexibility index (Phi) is 4.40. The van der Waals surface area contributed by atoms with Crippen molar-refractivity contribution >= 4 is 33.2 Å². The van der Waals surface area contributed by atoms with Crippen molar-refractivity contribution < 1.29 is 13.3 Å². The van der Waals surface area contributed by atoms with Gasteiger partial charge in [-0.05, 0) is 23.8 Å². The summed E-state index contributed by atoms with van der Waals surface area (Å²) in [6.45, 7) is 0. The van der Waals surface area contributed by atoms with Gasteiger partial charge in [0.25, 0.3) is 5.69 Å². The Morgan fingerprint density at radius 3 is 2.38 bits per heavy atom. The first-order valence-electron chi connectivity index (χ1n) is 5.82. The van der Waals surface area contributed by atoms with Crippen molar-refractivity contribution in [1.29, 1.82) is 0 Å². The second-order valence-corrected chi connectivity index (χ2v) is 6.37. The molecule has 0 unspecified atom stereocenters. The highest BCUT2D eigenvalue weighted by Crippen LogP contribution is 2.28. The lowest BCUT2D eigenvalue weighted by Gasteiger charge is -2.01. The quantitative estimate of drug-likeness (QED) is 0.635. The van der Waals surface area contributed by atoms with Crippen molar-refractivity contribution in [1.82, 2.24) is 0 Å². The molecule has 0 bridgehead atoms. The monoisotopic (exact) mass is 323 g/mol. The molecule has 0 amide bonds. The summed E-state index contributed by atoms with van der Waals surface area (Å²) in [5.41, 5.74) is 0.137. The van der Waals surface area contributed by atoms with Crippen molar-refractivity contribution in [3.05, 3.63) is 74.6 Å². The predicted molar refractivity (Wildman–Crippen MR) is 80.8 cm³/mol. The highest BCUT2D eigenvalue weighted by molar-refractivity contribution is 7.94. The predicted octanol–water partition coefficient (Wildman–Crippen LogP) is 3.69. The highest BCUT2D eigenvalue weighted by Gasteiger charge is 2.23. The van der Waals surface area contributed by atoms with Crippen LogP contribution in [-0.2, 0) is 9.84 Å². The van der Waals surface area contributed by atoms with Crippen molar-refractivity contribution in [3.8, 4) is 0 Å². The number of hydrogen-bond acceptors (Lipinski definition) is 4. The number of hydrogen-bond donors (Lipinski definition) is 0. The molecule has 5 nitrogen and oxygen atoms in total. The lowest BCUT2D eigenvalue weighted by Crippen LogP contribution is -2.01. The van der Waals surface area contributed by atoms with Crippen LogP contribution in [0.4, 0.5) is 5.69 Å². The van der Waals surface area contributed by atoms with E-state index in [-0.39, 0.29) is 9.92 Å². The molecule has 2 aromatic carbocycles. The van der Waals surface area contributed by atoms with E-state index in [1.165, 1.54) is 12.1 Å². The molecule has 0 saturated heterocycles. The minimum Gasteiger partial charge on any atom is -0.258 e. The van der Waals surface area contributed by atoms with Crippen LogP contribution in [0.25, 0.3) is 6.08 Å². The first kappa shape index (κ1) is 15.2. The zero-order valence-electron chi connectivity index (χ0n) is 10.6. The molecule has 0 aliphatic heterocycles. The number of benzene rings is 2. The van der Waals surface area contributed by atoms with E-state index in [1.807, 2.05) is 0 Å². The lowest BCUT2D eigenvalue weighted by molar-refractivity contribution is -0.387. The smallest absolute Gasteiger partial charge is 0.258 e. The van der Waals surface area contributed by atoms with Gasteiger partial charge in [0.05, 0.1) is 4.92 Å². The van der Waals surface area contributed by atoms with Gasteiger partial charge >= 0.3 is 0 Å². The Hall–Kier alpha value is -2.18. The second-order valence-electron chi connectivity index (χ2n) is 4.13. The molecule has 108 valence electrons. The maximum absolute atomic E-state index is 12.2. The summed E-state index contributed by atoms with van der Waals surface area (Å²) in [4.78, 5) is 9.80. The molecule has 2 rings (SSSR count). The number of nitrogens with zero attached hydrogens (tertiary/aromatic N) is 1. The molecule has 0 fully saturated rings. The van der Waals surface area contributed by atoms with Crippen molar-refractivity contribution in [2.24, 2.45) is 0 Å². The summed E-state index contributed by atoms with van der Waals surface area (Å²) >= 11 is 5.67. The average Bonchev–Trinajstić information content (AvgIpc) is 2.46. The summed E-state index contributed by atoms with van der Waals surface area (Å²) in [7, 11) is -3.93. The number of nitro groups is 1. The molecule has 0 aliphatic carbocycles. The molecule has 0 saturated carbocycles. The van der Waals surface area contributed by atoms with E-state index >= 15 is 0 Å². The fraction of sp³-hybridized carbons (Fsp3) is 0. The fourth-order valence-electron chi connectivity index (χ4n) is 1.68. The van der Waals surface area contributed by atoms with E-state index in [9.17, 15) is 18.5 Å². The van der Waals surface area contributed by atoms with Crippen LogP contribution in [0.1, 0.15) is 5.56 Å². The molecule has 0 atom stereocenters. The van der Waals surface area contributed by atoms with E-state index in [0.29, 0.717) is 5.56 Å². The van der Waals surface area contributed by atoms with Crippen molar-refractivity contribution in [2.45, 2.75) is 4.90 Å². The standard InChI is InChI=1S/C14H10ClNO4S/c15-12-6-7-14(13(10-12)16(17)18)21(19,20)9-8-11-4-2-1-3-5-11/h1-10H/b9-8+. The van der Waals surface area contributed by atoms with Crippen LogP contribution in [-0.4, -0.2) is 13.3 Å². The first-order chi connectivity index (χ1) is 9.90. The van der Waals surface area contributed by atoms with Crippen LogP contribution in [0.15, 0.2) is 58.8 Å². The maximum atomic E-state index is 12.2. The summed E-state index contributed by atoms with van der Waals surface area (Å²) in [5, 5.41) is 12.0. The second kappa shape index (κ2) is 6.07. The summed E-state index contributed by atoms with van der Waals surface area (Å²) in [6, 6.07) is 12.2. The average molecular weight is 324 g/mol. The maximum Gasteiger partial charge on any atom is 0.289 e. The van der Waals surface area contributed by atoms with Gasteiger partial charge in [-0.25, -0.2) is 8.42 Å². The van der Waals surface area contributed by atoms with Gasteiger partial charge in [0.2, 0.25) is 9.84 Å². The zero-order chi connectivity index (χ0) is 15.5. The van der Waals surface area contributed by atoms with Crippen LogP contribution < -0.4 is 0 Å². The van der Waals surface area contributed by atoms with Gasteiger partial charge in [-0.15, -0.1) is 0 Å². The third-order valence-corrected chi connectivity index (χ3v) is 4.35.